The van der Waals surface area contributed by atoms with Crippen molar-refractivity contribution in [2.24, 2.45) is 17.8 Å². The van der Waals surface area contributed by atoms with Gasteiger partial charge in [-0.1, -0.05) is 6.58 Å². The molecule has 0 aliphatic heterocycles. The van der Waals surface area contributed by atoms with Crippen LogP contribution in [0.25, 0.3) is 6.20 Å². The number of hydrogen-bond acceptors (Lipinski definition) is 3. The van der Waals surface area contributed by atoms with Gasteiger partial charge in [-0.15, -0.1) is 5.10 Å². The van der Waals surface area contributed by atoms with E-state index < -0.39 is 0 Å². The largest absolute Gasteiger partial charge is 0.368 e. The van der Waals surface area contributed by atoms with Gasteiger partial charge < -0.3 is 5.84 Å². The Labute approximate surface area is 112 Å². The zero-order valence-electron chi connectivity index (χ0n) is 11.1. The molecule has 4 fully saturated rings. The molecule has 2 N–H and O–H groups in total. The number of nitrogens with two attached hydrogens (primary N) is 1. The third-order valence-corrected chi connectivity index (χ3v) is 5.52. The zero-order valence-corrected chi connectivity index (χ0v) is 11.1. The fourth-order valence-electron chi connectivity index (χ4n) is 5.26. The minimum atomic E-state index is -0.277. The van der Waals surface area contributed by atoms with Crippen molar-refractivity contribution < 1.29 is 0 Å². The number of rotatable bonds is 2. The topological polar surface area (TPSA) is 65.8 Å². The van der Waals surface area contributed by atoms with Crippen molar-refractivity contribution in [2.45, 2.75) is 43.9 Å². The van der Waals surface area contributed by atoms with Crippen LogP contribution in [0, 0.1) is 17.8 Å². The van der Waals surface area contributed by atoms with E-state index >= 15 is 0 Å². The van der Waals surface area contributed by atoms with Crippen molar-refractivity contribution in [1.29, 1.82) is 0 Å². The van der Waals surface area contributed by atoms with Gasteiger partial charge in [0.25, 0.3) is 0 Å². The summed E-state index contributed by atoms with van der Waals surface area (Å²) in [5, 5.41) is 4.44. The molecule has 5 rings (SSSR count). The lowest BCUT2D eigenvalue weighted by molar-refractivity contribution is -0.0106. The molecule has 1 heterocycles. The quantitative estimate of drug-likeness (QED) is 0.816. The first kappa shape index (κ1) is 11.3. The van der Waals surface area contributed by atoms with Gasteiger partial charge in [-0.2, -0.15) is 9.36 Å². The number of nitrogens with zero attached hydrogens (tertiary/aromatic N) is 3. The van der Waals surface area contributed by atoms with E-state index in [0.29, 0.717) is 0 Å². The number of aromatic nitrogens is 3. The molecule has 1 aromatic rings. The van der Waals surface area contributed by atoms with E-state index in [4.69, 9.17) is 5.84 Å². The molecule has 0 amide bonds. The molecular formula is C14H20N4O. The van der Waals surface area contributed by atoms with Crippen LogP contribution in [0.4, 0.5) is 0 Å². The first-order valence-electron chi connectivity index (χ1n) is 7.21. The standard InChI is InChI=1S/C14H20N4O/c1-2-17-13(19)18(15)12(16-17)14-6-9-3-10(7-14)5-11(4-9)8-14/h2,9-11H,1,3-8,15H2. The molecule has 1 aromatic heterocycles. The van der Waals surface area contributed by atoms with Gasteiger partial charge >= 0.3 is 5.69 Å². The van der Waals surface area contributed by atoms with Crippen molar-refractivity contribution in [1.82, 2.24) is 14.5 Å². The maximum absolute atomic E-state index is 12.0. The lowest BCUT2D eigenvalue weighted by atomic mass is 9.49. The molecule has 5 nitrogen and oxygen atoms in total. The first-order chi connectivity index (χ1) is 9.11. The van der Waals surface area contributed by atoms with Gasteiger partial charge in [0.05, 0.1) is 0 Å². The summed E-state index contributed by atoms with van der Waals surface area (Å²) in [6.45, 7) is 3.62. The van der Waals surface area contributed by atoms with Gasteiger partial charge in [-0.05, 0) is 56.3 Å². The lowest BCUT2D eigenvalue weighted by Crippen LogP contribution is -2.50. The Bertz CT molecular complexity index is 562. The van der Waals surface area contributed by atoms with Crippen LogP contribution in [0.5, 0.6) is 0 Å². The second kappa shape index (κ2) is 3.52. The Balaban J connectivity index is 1.84. The van der Waals surface area contributed by atoms with Gasteiger partial charge in [0.15, 0.2) is 5.82 Å². The van der Waals surface area contributed by atoms with Crippen LogP contribution in [0.1, 0.15) is 44.3 Å². The molecule has 0 radical (unpaired) electrons. The normalized spacial score (nSPS) is 39.7. The Morgan fingerprint density at radius 3 is 2.16 bits per heavy atom. The van der Waals surface area contributed by atoms with Gasteiger partial charge in [-0.3, -0.25) is 0 Å². The Morgan fingerprint density at radius 1 is 1.21 bits per heavy atom. The molecule has 5 heteroatoms. The summed E-state index contributed by atoms with van der Waals surface area (Å²) in [7, 11) is 0. The van der Waals surface area contributed by atoms with Crippen LogP contribution < -0.4 is 11.5 Å². The molecule has 0 unspecified atom stereocenters. The maximum atomic E-state index is 12.0. The van der Waals surface area contributed by atoms with Crippen LogP contribution in [-0.4, -0.2) is 14.5 Å². The fraction of sp³-hybridized carbons (Fsp3) is 0.714. The van der Waals surface area contributed by atoms with E-state index in [2.05, 4.69) is 11.7 Å². The number of hydrogen-bond donors (Lipinski definition) is 1. The van der Waals surface area contributed by atoms with Crippen LogP contribution in [0.15, 0.2) is 11.4 Å². The van der Waals surface area contributed by atoms with Crippen molar-refractivity contribution in [3.63, 3.8) is 0 Å². The molecule has 0 spiro atoms. The Morgan fingerprint density at radius 2 is 1.74 bits per heavy atom. The Hall–Kier alpha value is -1.52. The first-order valence-corrected chi connectivity index (χ1v) is 7.21. The second-order valence-corrected chi connectivity index (χ2v) is 6.80. The molecule has 4 bridgehead atoms. The van der Waals surface area contributed by atoms with Crippen LogP contribution in [-0.2, 0) is 5.41 Å². The molecule has 4 aliphatic rings. The lowest BCUT2D eigenvalue weighted by Gasteiger charge is -2.55. The van der Waals surface area contributed by atoms with E-state index in [1.165, 1.54) is 34.8 Å². The summed E-state index contributed by atoms with van der Waals surface area (Å²) in [6, 6.07) is 0. The van der Waals surface area contributed by atoms with E-state index in [-0.39, 0.29) is 11.1 Å². The van der Waals surface area contributed by atoms with Gasteiger partial charge in [-0.25, -0.2) is 4.79 Å². The van der Waals surface area contributed by atoms with E-state index in [1.54, 1.807) is 0 Å². The molecule has 4 aliphatic carbocycles. The molecule has 0 aromatic carbocycles. The highest BCUT2D eigenvalue weighted by Crippen LogP contribution is 2.60. The van der Waals surface area contributed by atoms with Gasteiger partial charge in [0, 0.05) is 11.6 Å². The molecule has 19 heavy (non-hydrogen) atoms. The molecule has 4 saturated carbocycles. The maximum Gasteiger partial charge on any atom is 0.368 e. The van der Waals surface area contributed by atoms with Crippen LogP contribution in [0.3, 0.4) is 0 Å². The van der Waals surface area contributed by atoms with Crippen molar-refractivity contribution in [3.8, 4) is 0 Å². The SMILES string of the molecule is C=Cn1nc(C23CC4CC(CC(C4)C2)C3)n(N)c1=O. The molecular weight excluding hydrogens is 240 g/mol. The minimum Gasteiger partial charge on any atom is -0.333 e. The average molecular weight is 260 g/mol. The van der Waals surface area contributed by atoms with Crippen molar-refractivity contribution >= 4 is 6.20 Å². The molecule has 0 atom stereocenters. The zero-order chi connectivity index (χ0) is 13.2. The summed E-state index contributed by atoms with van der Waals surface area (Å²) in [4.78, 5) is 12.0. The highest BCUT2D eigenvalue weighted by molar-refractivity contribution is 5.21. The van der Waals surface area contributed by atoms with Crippen molar-refractivity contribution in [3.05, 3.63) is 22.9 Å². The third-order valence-electron chi connectivity index (χ3n) is 5.52. The monoisotopic (exact) mass is 260 g/mol. The smallest absolute Gasteiger partial charge is 0.333 e. The predicted octanol–water partition coefficient (Wildman–Crippen LogP) is 1.33. The minimum absolute atomic E-state index is 0.0525. The summed E-state index contributed by atoms with van der Waals surface area (Å²) < 4.78 is 2.53. The summed E-state index contributed by atoms with van der Waals surface area (Å²) in [5.74, 6) is 9.21. The van der Waals surface area contributed by atoms with Gasteiger partial charge in [0.2, 0.25) is 0 Å². The number of nitrogen functional groups attached to an aromatic ring is 1. The van der Waals surface area contributed by atoms with E-state index in [0.717, 1.165) is 42.8 Å². The van der Waals surface area contributed by atoms with Crippen molar-refractivity contribution in [2.75, 3.05) is 5.84 Å². The fourth-order valence-corrected chi connectivity index (χ4v) is 5.26. The second-order valence-electron chi connectivity index (χ2n) is 6.80. The van der Waals surface area contributed by atoms with Crippen LogP contribution >= 0.6 is 0 Å². The highest BCUT2D eigenvalue weighted by Gasteiger charge is 2.54. The molecule has 102 valence electrons. The summed E-state index contributed by atoms with van der Waals surface area (Å²) >= 11 is 0. The van der Waals surface area contributed by atoms with Gasteiger partial charge in [0.1, 0.15) is 0 Å². The summed E-state index contributed by atoms with van der Waals surface area (Å²) in [5.41, 5.74) is -0.225. The van der Waals surface area contributed by atoms with Crippen LogP contribution in [0.2, 0.25) is 0 Å². The molecule has 0 saturated heterocycles. The Kier molecular flexibility index (Phi) is 2.10. The predicted molar refractivity (Wildman–Crippen MR) is 72.9 cm³/mol. The third kappa shape index (κ3) is 1.41. The highest BCUT2D eigenvalue weighted by atomic mass is 16.2. The average Bonchev–Trinajstić information content (AvgIpc) is 2.65. The summed E-state index contributed by atoms with van der Waals surface area (Å²) in [6.07, 6.45) is 9.02. The van der Waals surface area contributed by atoms with E-state index in [9.17, 15) is 4.79 Å². The van der Waals surface area contributed by atoms with E-state index in [1.807, 2.05) is 0 Å².